The van der Waals surface area contributed by atoms with Crippen LogP contribution in [-0.2, 0) is 14.3 Å². The molecule has 2 aliphatic heterocycles. The molecule has 6 fully saturated rings. The highest BCUT2D eigenvalue weighted by Gasteiger charge is 2.67. The lowest BCUT2D eigenvalue weighted by molar-refractivity contribution is -0.937. The second-order valence-electron chi connectivity index (χ2n) is 14.6. The summed E-state index contributed by atoms with van der Waals surface area (Å²) in [4.78, 5) is 15.0. The summed E-state index contributed by atoms with van der Waals surface area (Å²) in [6.07, 6.45) is 12.7. The number of aliphatic hydroxyl groups excluding tert-OH is 1. The molecule has 6 nitrogen and oxygen atoms in total. The van der Waals surface area contributed by atoms with Crippen LogP contribution in [0.4, 0.5) is 0 Å². The van der Waals surface area contributed by atoms with Crippen molar-refractivity contribution < 1.29 is 40.8 Å². The summed E-state index contributed by atoms with van der Waals surface area (Å²) in [5.41, 5.74) is 0.343. The second-order valence-corrected chi connectivity index (χ2v) is 14.6. The zero-order chi connectivity index (χ0) is 26.7. The van der Waals surface area contributed by atoms with Gasteiger partial charge in [0.1, 0.15) is 6.04 Å². The zero-order valence-corrected chi connectivity index (χ0v) is 26.2. The molecule has 0 aromatic heterocycles. The van der Waals surface area contributed by atoms with E-state index in [2.05, 4.69) is 31.4 Å². The maximum absolute atomic E-state index is 12.5. The molecule has 0 amide bonds. The Labute approximate surface area is 247 Å². The number of hydrogen-bond donors (Lipinski definition) is 1. The first-order valence-corrected chi connectivity index (χ1v) is 15.9. The number of fused-ring (bicyclic) bond motifs is 5. The predicted octanol–water partition coefficient (Wildman–Crippen LogP) is 1.41. The van der Waals surface area contributed by atoms with E-state index in [1.807, 2.05) is 0 Å². The number of morpholine rings is 1. The molecule has 0 aromatic carbocycles. The van der Waals surface area contributed by atoms with Crippen molar-refractivity contribution in [2.24, 2.45) is 34.5 Å². The van der Waals surface area contributed by atoms with Crippen LogP contribution in [0.5, 0.6) is 0 Å². The van der Waals surface area contributed by atoms with Gasteiger partial charge < -0.3 is 36.0 Å². The van der Waals surface area contributed by atoms with Gasteiger partial charge in [-0.15, -0.1) is 0 Å². The van der Waals surface area contributed by atoms with Crippen LogP contribution in [0, 0.1) is 34.5 Å². The number of carbonyl (C=O) groups is 1. The Kier molecular flexibility index (Phi) is 8.70. The van der Waals surface area contributed by atoms with E-state index in [0.29, 0.717) is 29.7 Å². The number of esters is 1. The number of quaternary nitrogens is 1. The van der Waals surface area contributed by atoms with Crippen LogP contribution in [0.25, 0.3) is 0 Å². The zero-order valence-electron chi connectivity index (χ0n) is 24.7. The molecule has 6 aliphatic rings. The van der Waals surface area contributed by atoms with Crippen molar-refractivity contribution in [1.29, 1.82) is 0 Å². The van der Waals surface area contributed by atoms with E-state index in [1.54, 1.807) is 6.92 Å². The van der Waals surface area contributed by atoms with E-state index in [-0.39, 0.29) is 52.0 Å². The molecule has 1 unspecified atom stereocenters. The molecule has 0 spiro atoms. The normalized spacial score (nSPS) is 47.3. The SMILES string of the molecule is C=CC[N+]1([C@H]2C[C@H]3[C@@H]4CC[C@H]5C[C@H](O)C(N6CCOCC6)C[C@]5(C)[C@H]4CC[C@]3(C)[C@H]2OC(C)=O)CCCC1.[Br-]. The molecule has 39 heavy (non-hydrogen) atoms. The number of likely N-dealkylation sites (tertiary alicyclic amines) is 1. The third-order valence-electron chi connectivity index (χ3n) is 13.1. The van der Waals surface area contributed by atoms with E-state index in [4.69, 9.17) is 9.47 Å². The Morgan fingerprint density at radius 1 is 1.10 bits per heavy atom. The van der Waals surface area contributed by atoms with Crippen LogP contribution < -0.4 is 17.0 Å². The third kappa shape index (κ3) is 4.88. The van der Waals surface area contributed by atoms with Crippen molar-refractivity contribution >= 4 is 5.97 Å². The lowest BCUT2D eigenvalue weighted by atomic mass is 9.44. The number of ether oxygens (including phenoxy) is 2. The first-order valence-electron chi connectivity index (χ1n) is 15.9. The molecule has 4 aliphatic carbocycles. The highest BCUT2D eigenvalue weighted by molar-refractivity contribution is 5.66. The highest BCUT2D eigenvalue weighted by atomic mass is 79.9. The number of hydrogen-bond acceptors (Lipinski definition) is 5. The third-order valence-corrected chi connectivity index (χ3v) is 13.1. The summed E-state index contributed by atoms with van der Waals surface area (Å²) in [6.45, 7) is 17.7. The fourth-order valence-electron chi connectivity index (χ4n) is 11.3. The molecule has 1 N–H and O–H groups in total. The number of aliphatic hydroxyl groups is 1. The Morgan fingerprint density at radius 2 is 1.82 bits per heavy atom. The van der Waals surface area contributed by atoms with Gasteiger partial charge in [0, 0.05) is 50.7 Å². The molecular weight excluding hydrogens is 556 g/mol. The van der Waals surface area contributed by atoms with E-state index < -0.39 is 0 Å². The minimum absolute atomic E-state index is 0. The van der Waals surface area contributed by atoms with Crippen LogP contribution in [0.3, 0.4) is 0 Å². The smallest absolute Gasteiger partial charge is 0.303 e. The van der Waals surface area contributed by atoms with Crippen molar-refractivity contribution in [2.45, 2.75) is 103 Å². The molecule has 10 atom stereocenters. The summed E-state index contributed by atoms with van der Waals surface area (Å²) in [5.74, 6) is 2.54. The first-order chi connectivity index (χ1) is 18.2. The molecule has 2 saturated heterocycles. The molecular formula is C32H53BrN2O4. The fraction of sp³-hybridized carbons (Fsp3) is 0.906. The van der Waals surface area contributed by atoms with Crippen molar-refractivity contribution in [3.8, 4) is 0 Å². The van der Waals surface area contributed by atoms with Gasteiger partial charge in [-0.1, -0.05) is 20.4 Å². The van der Waals surface area contributed by atoms with Gasteiger partial charge in [-0.2, -0.15) is 0 Å². The highest BCUT2D eigenvalue weighted by Crippen LogP contribution is 2.67. The molecule has 6 rings (SSSR count). The number of nitrogens with zero attached hydrogens (tertiary/aromatic N) is 2. The van der Waals surface area contributed by atoms with Gasteiger partial charge in [0.05, 0.1) is 39.0 Å². The van der Waals surface area contributed by atoms with Crippen molar-refractivity contribution in [2.75, 3.05) is 45.9 Å². The second kappa shape index (κ2) is 11.3. The molecule has 2 heterocycles. The minimum Gasteiger partial charge on any atom is -1.00 e. The lowest BCUT2D eigenvalue weighted by Crippen LogP contribution is -3.00. The largest absolute Gasteiger partial charge is 1.00 e. The van der Waals surface area contributed by atoms with Gasteiger partial charge in [0.2, 0.25) is 0 Å². The van der Waals surface area contributed by atoms with Crippen molar-refractivity contribution in [3.63, 3.8) is 0 Å². The predicted molar refractivity (Wildman–Crippen MR) is 148 cm³/mol. The fourth-order valence-corrected chi connectivity index (χ4v) is 11.3. The van der Waals surface area contributed by atoms with Gasteiger partial charge in [0.15, 0.2) is 6.10 Å². The number of carbonyl (C=O) groups excluding carboxylic acids is 1. The number of halogens is 1. The van der Waals surface area contributed by atoms with Crippen molar-refractivity contribution in [3.05, 3.63) is 12.7 Å². The molecule has 222 valence electrons. The van der Waals surface area contributed by atoms with Crippen molar-refractivity contribution in [1.82, 2.24) is 4.90 Å². The Morgan fingerprint density at radius 3 is 2.49 bits per heavy atom. The molecule has 0 radical (unpaired) electrons. The van der Waals surface area contributed by atoms with E-state index >= 15 is 0 Å². The molecule has 0 aromatic rings. The number of rotatable bonds is 5. The molecule has 4 saturated carbocycles. The van der Waals surface area contributed by atoms with E-state index in [9.17, 15) is 9.90 Å². The van der Waals surface area contributed by atoms with E-state index in [0.717, 1.165) is 56.6 Å². The van der Waals surface area contributed by atoms with E-state index in [1.165, 1.54) is 51.6 Å². The van der Waals surface area contributed by atoms with Gasteiger partial charge in [0.25, 0.3) is 0 Å². The van der Waals surface area contributed by atoms with Crippen LogP contribution in [0.1, 0.15) is 78.6 Å². The van der Waals surface area contributed by atoms with Gasteiger partial charge in [-0.05, 0) is 73.7 Å². The van der Waals surface area contributed by atoms with Gasteiger partial charge in [-0.25, -0.2) is 0 Å². The first kappa shape index (κ1) is 30.0. The van der Waals surface area contributed by atoms with Gasteiger partial charge in [-0.3, -0.25) is 9.69 Å². The average Bonchev–Trinajstić information content (AvgIpc) is 3.48. The average molecular weight is 610 g/mol. The monoisotopic (exact) mass is 608 g/mol. The van der Waals surface area contributed by atoms with Crippen LogP contribution in [0.15, 0.2) is 12.7 Å². The Hall–Kier alpha value is -0.470. The van der Waals surface area contributed by atoms with Crippen LogP contribution >= 0.6 is 0 Å². The summed E-state index contributed by atoms with van der Waals surface area (Å²) in [7, 11) is 0. The van der Waals surface area contributed by atoms with Gasteiger partial charge >= 0.3 is 5.97 Å². The lowest BCUT2D eigenvalue weighted by Gasteiger charge is -2.62. The standard InChI is InChI=1S/C32H53N2O4.BrH/c1-5-14-34(15-6-7-16-34)28-20-26-24-9-8-23-19-29(36)27(33-12-17-37-18-13-33)21-32(23,4)25(24)10-11-31(26,3)30(28)38-22(2)35;/h5,23-30,36H,1,6-21H2,2-4H3;1H/q+1;/p-1/t23-,24+,25-,26-,27?,28-,29-,30-,31-,32-;/m0./s1. The van der Waals surface area contributed by atoms with Crippen LogP contribution in [0.2, 0.25) is 0 Å². The summed E-state index contributed by atoms with van der Waals surface area (Å²) in [5, 5.41) is 11.3. The Bertz CT molecular complexity index is 905. The summed E-state index contributed by atoms with van der Waals surface area (Å²) >= 11 is 0. The van der Waals surface area contributed by atoms with Crippen LogP contribution in [-0.4, -0.2) is 90.7 Å². The maximum atomic E-state index is 12.5. The molecule has 7 heteroatoms. The summed E-state index contributed by atoms with van der Waals surface area (Å²) in [6, 6.07) is 0.663. The quantitative estimate of drug-likeness (QED) is 0.291. The Balaban J connectivity index is 0.00000308. The maximum Gasteiger partial charge on any atom is 0.303 e. The minimum atomic E-state index is -0.209. The summed E-state index contributed by atoms with van der Waals surface area (Å²) < 4.78 is 13.1. The molecule has 0 bridgehead atoms. The topological polar surface area (TPSA) is 59.0 Å².